The van der Waals surface area contributed by atoms with Crippen LogP contribution < -0.4 is 0 Å². The van der Waals surface area contributed by atoms with Crippen molar-refractivity contribution in [1.29, 1.82) is 0 Å². The highest BCUT2D eigenvalue weighted by atomic mass is 32.1. The van der Waals surface area contributed by atoms with Crippen LogP contribution in [0, 0.1) is 11.6 Å². The van der Waals surface area contributed by atoms with Gasteiger partial charge in [-0.1, -0.05) is 18.2 Å². The van der Waals surface area contributed by atoms with Crippen LogP contribution in [0.3, 0.4) is 0 Å². The van der Waals surface area contributed by atoms with Gasteiger partial charge in [-0.3, -0.25) is 4.79 Å². The lowest BCUT2D eigenvalue weighted by atomic mass is 10.2. The van der Waals surface area contributed by atoms with E-state index in [-0.39, 0.29) is 18.1 Å². The summed E-state index contributed by atoms with van der Waals surface area (Å²) < 4.78 is 31.7. The fourth-order valence-corrected chi connectivity index (χ4v) is 3.17. The molecule has 1 heterocycles. The number of hydrogen-bond acceptors (Lipinski definition) is 5. The van der Waals surface area contributed by atoms with Crippen molar-refractivity contribution in [1.82, 2.24) is 9.88 Å². The summed E-state index contributed by atoms with van der Waals surface area (Å²) in [7, 11) is 1.50. The average molecular weight is 402 g/mol. The summed E-state index contributed by atoms with van der Waals surface area (Å²) in [5.41, 5.74) is 1.10. The number of rotatable bonds is 6. The quantitative estimate of drug-likeness (QED) is 0.587. The van der Waals surface area contributed by atoms with Gasteiger partial charge >= 0.3 is 5.97 Å². The van der Waals surface area contributed by atoms with Gasteiger partial charge in [-0.15, -0.1) is 11.3 Å². The molecule has 0 spiro atoms. The average Bonchev–Trinajstić information content (AvgIpc) is 3.18. The minimum absolute atomic E-state index is 0.0638. The van der Waals surface area contributed by atoms with Crippen molar-refractivity contribution in [2.24, 2.45) is 0 Å². The van der Waals surface area contributed by atoms with Crippen LogP contribution in [0.15, 0.2) is 53.9 Å². The summed E-state index contributed by atoms with van der Waals surface area (Å²) in [6, 6.07) is 11.9. The molecule has 0 N–H and O–H groups in total. The number of benzene rings is 2. The Labute approximate surface area is 164 Å². The molecule has 3 rings (SSSR count). The van der Waals surface area contributed by atoms with Gasteiger partial charge in [-0.2, -0.15) is 0 Å². The van der Waals surface area contributed by atoms with Crippen molar-refractivity contribution < 1.29 is 23.1 Å². The first-order chi connectivity index (χ1) is 13.4. The van der Waals surface area contributed by atoms with E-state index in [1.54, 1.807) is 30.3 Å². The van der Waals surface area contributed by atoms with Gasteiger partial charge in [0.1, 0.15) is 16.6 Å². The van der Waals surface area contributed by atoms with E-state index in [2.05, 4.69) is 4.98 Å². The molecule has 3 aromatic rings. The molecular weight excluding hydrogens is 386 g/mol. The molecule has 8 heteroatoms. The molecule has 2 aromatic carbocycles. The molecule has 0 saturated heterocycles. The van der Waals surface area contributed by atoms with Gasteiger partial charge in [0.15, 0.2) is 12.3 Å². The topological polar surface area (TPSA) is 59.5 Å². The molecule has 0 aliphatic rings. The Bertz CT molecular complexity index is 989. The van der Waals surface area contributed by atoms with Gasteiger partial charge in [0.25, 0.3) is 5.91 Å². The number of carbonyl (C=O) groups excluding carboxylic acids is 2. The maximum atomic E-state index is 13.7. The molecule has 0 bridgehead atoms. The van der Waals surface area contributed by atoms with E-state index in [1.165, 1.54) is 46.9 Å². The number of nitrogens with zero attached hydrogens (tertiary/aromatic N) is 2. The zero-order valence-electron chi connectivity index (χ0n) is 14.9. The van der Waals surface area contributed by atoms with E-state index in [4.69, 9.17) is 4.74 Å². The Morgan fingerprint density at radius 1 is 1.11 bits per heavy atom. The van der Waals surface area contributed by atoms with E-state index in [0.29, 0.717) is 16.1 Å². The van der Waals surface area contributed by atoms with E-state index in [0.717, 1.165) is 0 Å². The first kappa shape index (κ1) is 19.6. The molecule has 1 amide bonds. The largest absolute Gasteiger partial charge is 0.451 e. The predicted molar refractivity (Wildman–Crippen MR) is 101 cm³/mol. The third kappa shape index (κ3) is 4.77. The molecule has 0 aliphatic carbocycles. The van der Waals surface area contributed by atoms with Crippen LogP contribution >= 0.6 is 11.3 Å². The maximum absolute atomic E-state index is 13.7. The Kier molecular flexibility index (Phi) is 6.10. The highest BCUT2D eigenvalue weighted by Crippen LogP contribution is 2.24. The van der Waals surface area contributed by atoms with Crippen LogP contribution in [-0.4, -0.2) is 35.4 Å². The molecular formula is C20H16F2N2O3S. The lowest BCUT2D eigenvalue weighted by Gasteiger charge is -2.17. The van der Waals surface area contributed by atoms with Crippen LogP contribution in [0.25, 0.3) is 10.6 Å². The lowest BCUT2D eigenvalue weighted by molar-refractivity contribution is -0.133. The van der Waals surface area contributed by atoms with Crippen LogP contribution in [0.2, 0.25) is 0 Å². The second kappa shape index (κ2) is 8.71. The van der Waals surface area contributed by atoms with Crippen molar-refractivity contribution in [3.63, 3.8) is 0 Å². The molecule has 0 saturated carbocycles. The zero-order valence-corrected chi connectivity index (χ0v) is 15.7. The molecule has 0 radical (unpaired) electrons. The predicted octanol–water partition coefficient (Wildman–Crippen LogP) is 3.90. The fourth-order valence-electron chi connectivity index (χ4n) is 2.37. The zero-order chi connectivity index (χ0) is 20.1. The van der Waals surface area contributed by atoms with Gasteiger partial charge in [0, 0.05) is 30.1 Å². The van der Waals surface area contributed by atoms with Gasteiger partial charge in [-0.25, -0.2) is 18.6 Å². The summed E-state index contributed by atoms with van der Waals surface area (Å²) in [5.74, 6) is -1.98. The standard InChI is InChI=1S/C20H16F2N2O3S/c1-24(10-14-4-2-3-5-16(14)22)18(25)11-27-20(26)17-12-28-19(23-17)13-6-8-15(21)9-7-13/h2-9,12H,10-11H2,1H3. The number of esters is 1. The molecule has 5 nitrogen and oxygen atoms in total. The fraction of sp³-hybridized carbons (Fsp3) is 0.150. The highest BCUT2D eigenvalue weighted by molar-refractivity contribution is 7.13. The van der Waals surface area contributed by atoms with E-state index in [1.807, 2.05) is 0 Å². The lowest BCUT2D eigenvalue weighted by Crippen LogP contribution is -2.31. The smallest absolute Gasteiger partial charge is 0.358 e. The Hall–Kier alpha value is -3.13. The van der Waals surface area contributed by atoms with E-state index < -0.39 is 24.3 Å². The Balaban J connectivity index is 1.55. The van der Waals surface area contributed by atoms with Gasteiger partial charge in [0.2, 0.25) is 0 Å². The summed E-state index contributed by atoms with van der Waals surface area (Å²) in [5, 5.41) is 2.05. The van der Waals surface area contributed by atoms with Crippen LogP contribution in [-0.2, 0) is 16.1 Å². The summed E-state index contributed by atoms with van der Waals surface area (Å²) in [4.78, 5) is 29.7. The number of halogens is 2. The van der Waals surface area contributed by atoms with Crippen LogP contribution in [0.5, 0.6) is 0 Å². The molecule has 0 atom stereocenters. The molecule has 1 aromatic heterocycles. The third-order valence-corrected chi connectivity index (χ3v) is 4.81. The normalized spacial score (nSPS) is 10.5. The number of likely N-dealkylation sites (N-methyl/N-ethyl adjacent to an activating group) is 1. The van der Waals surface area contributed by atoms with Crippen LogP contribution in [0.1, 0.15) is 16.1 Å². The summed E-state index contributed by atoms with van der Waals surface area (Å²) >= 11 is 1.21. The first-order valence-corrected chi connectivity index (χ1v) is 9.18. The Morgan fingerprint density at radius 2 is 1.82 bits per heavy atom. The second-order valence-corrected chi connectivity index (χ2v) is 6.82. The van der Waals surface area contributed by atoms with E-state index in [9.17, 15) is 18.4 Å². The van der Waals surface area contributed by atoms with Crippen molar-refractivity contribution in [2.45, 2.75) is 6.54 Å². The minimum Gasteiger partial charge on any atom is -0.451 e. The number of ether oxygens (including phenoxy) is 1. The van der Waals surface area contributed by atoms with Crippen LogP contribution in [0.4, 0.5) is 8.78 Å². The van der Waals surface area contributed by atoms with Crippen molar-refractivity contribution in [3.8, 4) is 10.6 Å². The third-order valence-electron chi connectivity index (χ3n) is 3.92. The molecule has 28 heavy (non-hydrogen) atoms. The molecule has 144 valence electrons. The summed E-state index contributed by atoms with van der Waals surface area (Å²) in [6.07, 6.45) is 0. The van der Waals surface area contributed by atoms with E-state index >= 15 is 0 Å². The molecule has 0 fully saturated rings. The highest BCUT2D eigenvalue weighted by Gasteiger charge is 2.17. The second-order valence-electron chi connectivity index (χ2n) is 5.96. The number of aromatic nitrogens is 1. The van der Waals surface area contributed by atoms with Crippen molar-refractivity contribution in [2.75, 3.05) is 13.7 Å². The molecule has 0 unspecified atom stereocenters. The van der Waals surface area contributed by atoms with Gasteiger partial charge in [-0.05, 0) is 30.3 Å². The van der Waals surface area contributed by atoms with Gasteiger partial charge in [0.05, 0.1) is 0 Å². The number of thiazole rings is 1. The minimum atomic E-state index is -0.739. The van der Waals surface area contributed by atoms with Crippen molar-refractivity contribution >= 4 is 23.2 Å². The molecule has 0 aliphatic heterocycles. The SMILES string of the molecule is CN(Cc1ccccc1F)C(=O)COC(=O)c1csc(-c2ccc(F)cc2)n1. The van der Waals surface area contributed by atoms with Crippen molar-refractivity contribution in [3.05, 3.63) is 76.8 Å². The number of carbonyl (C=O) groups is 2. The Morgan fingerprint density at radius 3 is 2.54 bits per heavy atom. The number of hydrogen-bond donors (Lipinski definition) is 0. The monoisotopic (exact) mass is 402 g/mol. The number of amides is 1. The van der Waals surface area contributed by atoms with Gasteiger partial charge < -0.3 is 9.64 Å². The maximum Gasteiger partial charge on any atom is 0.358 e. The first-order valence-electron chi connectivity index (χ1n) is 8.30. The summed E-state index contributed by atoms with van der Waals surface area (Å²) in [6.45, 7) is -0.415.